The van der Waals surface area contributed by atoms with Crippen LogP contribution in [-0.4, -0.2) is 25.5 Å². The standard InChI is InChI=1S/C16H17N5O/c1-10-4-6-13(7-5-10)12(3)18-15(22)14-19-16-17-9-8-11(2)21(16)20-14/h4-9,12H,1-3H3,(H,18,22). The zero-order valence-corrected chi connectivity index (χ0v) is 12.7. The number of amides is 1. The molecule has 3 aromatic rings. The van der Waals surface area contributed by atoms with E-state index in [9.17, 15) is 4.79 Å². The van der Waals surface area contributed by atoms with Crippen LogP contribution in [-0.2, 0) is 0 Å². The molecule has 0 saturated heterocycles. The van der Waals surface area contributed by atoms with Crippen molar-refractivity contribution in [3.8, 4) is 0 Å². The van der Waals surface area contributed by atoms with Gasteiger partial charge in [0.1, 0.15) is 0 Å². The van der Waals surface area contributed by atoms with E-state index in [1.54, 1.807) is 10.7 Å². The Morgan fingerprint density at radius 3 is 2.59 bits per heavy atom. The lowest BCUT2D eigenvalue weighted by molar-refractivity contribution is 0.0929. The Labute approximate surface area is 128 Å². The first-order valence-electron chi connectivity index (χ1n) is 7.10. The maximum absolute atomic E-state index is 12.3. The van der Waals surface area contributed by atoms with Gasteiger partial charge in [0.15, 0.2) is 0 Å². The molecule has 3 rings (SSSR count). The third-order valence-corrected chi connectivity index (χ3v) is 3.56. The van der Waals surface area contributed by atoms with E-state index in [4.69, 9.17) is 0 Å². The summed E-state index contributed by atoms with van der Waals surface area (Å²) in [6.45, 7) is 5.85. The maximum atomic E-state index is 12.3. The summed E-state index contributed by atoms with van der Waals surface area (Å²) in [5.74, 6) is 0.242. The molecule has 112 valence electrons. The van der Waals surface area contributed by atoms with Crippen molar-refractivity contribution in [1.82, 2.24) is 24.9 Å². The van der Waals surface area contributed by atoms with E-state index in [-0.39, 0.29) is 17.8 Å². The molecule has 6 heteroatoms. The van der Waals surface area contributed by atoms with Crippen molar-refractivity contribution in [2.24, 2.45) is 0 Å². The fourth-order valence-electron chi connectivity index (χ4n) is 2.20. The third kappa shape index (κ3) is 2.67. The molecule has 2 heterocycles. The first-order valence-corrected chi connectivity index (χ1v) is 7.10. The Hall–Kier alpha value is -2.76. The molecule has 2 aromatic heterocycles. The van der Waals surface area contributed by atoms with Crippen LogP contribution in [0.1, 0.15) is 40.4 Å². The largest absolute Gasteiger partial charge is 0.343 e. The zero-order valence-electron chi connectivity index (χ0n) is 12.7. The minimum atomic E-state index is -0.307. The van der Waals surface area contributed by atoms with Gasteiger partial charge in [0, 0.05) is 11.9 Å². The van der Waals surface area contributed by atoms with Crippen molar-refractivity contribution in [1.29, 1.82) is 0 Å². The van der Waals surface area contributed by atoms with Crippen LogP contribution < -0.4 is 5.32 Å². The average Bonchev–Trinajstić information content (AvgIpc) is 2.93. The first-order chi connectivity index (χ1) is 10.5. The number of benzene rings is 1. The molecule has 0 aliphatic rings. The lowest BCUT2D eigenvalue weighted by Crippen LogP contribution is -2.27. The van der Waals surface area contributed by atoms with E-state index in [2.05, 4.69) is 20.4 Å². The fraction of sp³-hybridized carbons (Fsp3) is 0.250. The van der Waals surface area contributed by atoms with E-state index in [0.29, 0.717) is 5.78 Å². The molecule has 0 aliphatic carbocycles. The second kappa shape index (κ2) is 5.55. The van der Waals surface area contributed by atoms with Crippen molar-refractivity contribution in [2.75, 3.05) is 0 Å². The molecule has 6 nitrogen and oxygen atoms in total. The molecule has 0 spiro atoms. The predicted molar refractivity (Wildman–Crippen MR) is 82.6 cm³/mol. The number of carbonyl (C=O) groups excluding carboxylic acids is 1. The van der Waals surface area contributed by atoms with E-state index in [1.165, 1.54) is 5.56 Å². The number of hydrogen-bond donors (Lipinski definition) is 1. The first kappa shape index (κ1) is 14.2. The fourth-order valence-corrected chi connectivity index (χ4v) is 2.20. The van der Waals surface area contributed by atoms with Crippen LogP contribution in [0.15, 0.2) is 36.5 Å². The van der Waals surface area contributed by atoms with Crippen LogP contribution in [0.2, 0.25) is 0 Å². The van der Waals surface area contributed by atoms with Gasteiger partial charge in [0.25, 0.3) is 11.7 Å². The van der Waals surface area contributed by atoms with E-state index < -0.39 is 0 Å². The Morgan fingerprint density at radius 2 is 1.91 bits per heavy atom. The monoisotopic (exact) mass is 295 g/mol. The van der Waals surface area contributed by atoms with Crippen LogP contribution in [0.3, 0.4) is 0 Å². The topological polar surface area (TPSA) is 72.2 Å². The minimum absolute atomic E-state index is 0.117. The number of nitrogens with zero attached hydrogens (tertiary/aromatic N) is 4. The molecule has 0 radical (unpaired) electrons. The summed E-state index contributed by atoms with van der Waals surface area (Å²) in [6, 6.07) is 9.75. The van der Waals surface area contributed by atoms with Gasteiger partial charge in [-0.25, -0.2) is 9.50 Å². The molecule has 0 bridgehead atoms. The Morgan fingerprint density at radius 1 is 1.18 bits per heavy atom. The van der Waals surface area contributed by atoms with Crippen molar-refractivity contribution in [2.45, 2.75) is 26.8 Å². The number of rotatable bonds is 3. The van der Waals surface area contributed by atoms with Crippen LogP contribution >= 0.6 is 0 Å². The van der Waals surface area contributed by atoms with Gasteiger partial charge in [0.2, 0.25) is 5.82 Å². The summed E-state index contributed by atoms with van der Waals surface area (Å²) in [5.41, 5.74) is 3.10. The number of fused-ring (bicyclic) bond motifs is 1. The summed E-state index contributed by atoms with van der Waals surface area (Å²) < 4.78 is 1.56. The summed E-state index contributed by atoms with van der Waals surface area (Å²) in [4.78, 5) is 20.6. The smallest absolute Gasteiger partial charge is 0.291 e. The van der Waals surface area contributed by atoms with Crippen molar-refractivity contribution < 1.29 is 4.79 Å². The highest BCUT2D eigenvalue weighted by atomic mass is 16.2. The van der Waals surface area contributed by atoms with Crippen molar-refractivity contribution in [3.63, 3.8) is 0 Å². The molecule has 0 fully saturated rings. The van der Waals surface area contributed by atoms with Crippen molar-refractivity contribution in [3.05, 3.63) is 59.2 Å². The summed E-state index contributed by atoms with van der Waals surface area (Å²) in [7, 11) is 0. The molecule has 0 saturated carbocycles. The Balaban J connectivity index is 1.80. The lowest BCUT2D eigenvalue weighted by atomic mass is 10.1. The van der Waals surface area contributed by atoms with Gasteiger partial charge < -0.3 is 5.32 Å². The molecule has 1 N–H and O–H groups in total. The minimum Gasteiger partial charge on any atom is -0.343 e. The quantitative estimate of drug-likeness (QED) is 0.804. The molecular weight excluding hydrogens is 278 g/mol. The normalized spacial score (nSPS) is 12.3. The van der Waals surface area contributed by atoms with Gasteiger partial charge in [-0.15, -0.1) is 5.10 Å². The molecule has 1 unspecified atom stereocenters. The SMILES string of the molecule is Cc1ccc(C(C)NC(=O)c2nc3nccc(C)n3n2)cc1. The third-order valence-electron chi connectivity index (χ3n) is 3.56. The number of aromatic nitrogens is 4. The van der Waals surface area contributed by atoms with Gasteiger partial charge >= 0.3 is 0 Å². The average molecular weight is 295 g/mol. The van der Waals surface area contributed by atoms with Gasteiger partial charge in [-0.2, -0.15) is 4.98 Å². The van der Waals surface area contributed by atoms with Gasteiger partial charge in [-0.1, -0.05) is 29.8 Å². The van der Waals surface area contributed by atoms with Gasteiger partial charge in [0.05, 0.1) is 6.04 Å². The van der Waals surface area contributed by atoms with Crippen LogP contribution in [0, 0.1) is 13.8 Å². The van der Waals surface area contributed by atoms with E-state index >= 15 is 0 Å². The number of aryl methyl sites for hydroxylation is 2. The van der Waals surface area contributed by atoms with Crippen molar-refractivity contribution >= 4 is 11.7 Å². The van der Waals surface area contributed by atoms with E-state index in [1.807, 2.05) is 51.1 Å². The molecule has 1 amide bonds. The van der Waals surface area contributed by atoms with Gasteiger partial charge in [-0.05, 0) is 32.4 Å². The second-order valence-corrected chi connectivity index (χ2v) is 5.34. The van der Waals surface area contributed by atoms with E-state index in [0.717, 1.165) is 11.3 Å². The highest BCUT2D eigenvalue weighted by Gasteiger charge is 2.17. The second-order valence-electron chi connectivity index (χ2n) is 5.34. The number of carbonyl (C=O) groups is 1. The van der Waals surface area contributed by atoms with Crippen LogP contribution in [0.25, 0.3) is 5.78 Å². The molecule has 1 atom stereocenters. The number of nitrogens with one attached hydrogen (secondary N) is 1. The highest BCUT2D eigenvalue weighted by molar-refractivity contribution is 5.91. The highest BCUT2D eigenvalue weighted by Crippen LogP contribution is 2.13. The molecule has 0 aliphatic heterocycles. The maximum Gasteiger partial charge on any atom is 0.291 e. The molecule has 1 aromatic carbocycles. The zero-order chi connectivity index (χ0) is 15.7. The van der Waals surface area contributed by atoms with Crippen LogP contribution in [0.4, 0.5) is 0 Å². The Kier molecular flexibility index (Phi) is 3.58. The predicted octanol–water partition coefficient (Wildman–Crippen LogP) is 2.23. The molecule has 22 heavy (non-hydrogen) atoms. The summed E-state index contributed by atoms with van der Waals surface area (Å²) in [6.07, 6.45) is 1.65. The Bertz CT molecular complexity index is 822. The van der Waals surface area contributed by atoms with Crippen LogP contribution in [0.5, 0.6) is 0 Å². The number of hydrogen-bond acceptors (Lipinski definition) is 4. The molecular formula is C16H17N5O. The lowest BCUT2D eigenvalue weighted by Gasteiger charge is -2.13. The summed E-state index contributed by atoms with van der Waals surface area (Å²) >= 11 is 0. The van der Waals surface area contributed by atoms with Gasteiger partial charge in [-0.3, -0.25) is 4.79 Å². The summed E-state index contributed by atoms with van der Waals surface area (Å²) in [5, 5.41) is 7.11.